The summed E-state index contributed by atoms with van der Waals surface area (Å²) in [5.41, 5.74) is 13.1. The minimum absolute atomic E-state index is 0.868. The van der Waals surface area contributed by atoms with Crippen LogP contribution in [0.3, 0.4) is 0 Å². The normalized spacial score (nSPS) is 11.6. The van der Waals surface area contributed by atoms with Crippen LogP contribution < -0.4 is 4.90 Å². The Balaban J connectivity index is 1.24. The van der Waals surface area contributed by atoms with E-state index in [1.165, 1.54) is 38.2 Å². The highest BCUT2D eigenvalue weighted by atomic mass is 16.3. The van der Waals surface area contributed by atoms with Crippen LogP contribution in [0, 0.1) is 0 Å². The van der Waals surface area contributed by atoms with Crippen molar-refractivity contribution in [2.75, 3.05) is 4.90 Å². The summed E-state index contributed by atoms with van der Waals surface area (Å²) in [6.45, 7) is 0. The summed E-state index contributed by atoms with van der Waals surface area (Å²) in [4.78, 5) is 2.43. The van der Waals surface area contributed by atoms with E-state index in [2.05, 4.69) is 210 Å². The first-order chi connectivity index (χ1) is 27.3. The van der Waals surface area contributed by atoms with Crippen LogP contribution in [0.15, 0.2) is 211 Å². The van der Waals surface area contributed by atoms with Gasteiger partial charge in [0.2, 0.25) is 0 Å². The van der Waals surface area contributed by atoms with Crippen molar-refractivity contribution < 1.29 is 4.42 Å². The van der Waals surface area contributed by atoms with Crippen molar-refractivity contribution in [2.24, 2.45) is 0 Å². The van der Waals surface area contributed by atoms with Gasteiger partial charge in [-0.15, -0.1) is 0 Å². The van der Waals surface area contributed by atoms with Gasteiger partial charge in [0, 0.05) is 44.2 Å². The van der Waals surface area contributed by atoms with Crippen molar-refractivity contribution in [3.8, 4) is 27.9 Å². The van der Waals surface area contributed by atoms with E-state index < -0.39 is 0 Å². The van der Waals surface area contributed by atoms with Crippen molar-refractivity contribution in [1.82, 2.24) is 4.57 Å². The van der Waals surface area contributed by atoms with Crippen LogP contribution in [0.25, 0.3) is 82.5 Å². The lowest BCUT2D eigenvalue weighted by molar-refractivity contribution is 0.669. The number of fused-ring (bicyclic) bond motifs is 7. The van der Waals surface area contributed by atoms with Crippen molar-refractivity contribution in [2.45, 2.75) is 0 Å². The summed E-state index contributed by atoms with van der Waals surface area (Å²) >= 11 is 0. The molecular formula is C52H34N2O. The molecule has 0 saturated heterocycles. The van der Waals surface area contributed by atoms with Crippen LogP contribution in [0.4, 0.5) is 17.1 Å². The van der Waals surface area contributed by atoms with Crippen molar-refractivity contribution in [1.29, 1.82) is 0 Å². The number of anilines is 3. The molecule has 0 N–H and O–H groups in total. The number of benzene rings is 9. The molecule has 11 aromatic rings. The van der Waals surface area contributed by atoms with Gasteiger partial charge in [0.05, 0.1) is 16.7 Å². The zero-order valence-corrected chi connectivity index (χ0v) is 29.9. The third-order valence-corrected chi connectivity index (χ3v) is 11.0. The van der Waals surface area contributed by atoms with E-state index in [0.717, 1.165) is 61.3 Å². The molecule has 0 fully saturated rings. The Kier molecular flexibility index (Phi) is 7.17. The molecule has 11 rings (SSSR count). The summed E-state index contributed by atoms with van der Waals surface area (Å²) in [5.74, 6) is 0. The third-order valence-electron chi connectivity index (χ3n) is 11.0. The number of hydrogen-bond donors (Lipinski definition) is 0. The van der Waals surface area contributed by atoms with E-state index in [-0.39, 0.29) is 0 Å². The lowest BCUT2D eigenvalue weighted by Crippen LogP contribution is -2.11. The smallest absolute Gasteiger partial charge is 0.136 e. The molecule has 0 unspecified atom stereocenters. The fraction of sp³-hybridized carbons (Fsp3) is 0. The van der Waals surface area contributed by atoms with Gasteiger partial charge in [-0.25, -0.2) is 0 Å². The van der Waals surface area contributed by atoms with Crippen molar-refractivity contribution in [3.63, 3.8) is 0 Å². The molecule has 9 aromatic carbocycles. The first-order valence-corrected chi connectivity index (χ1v) is 18.8. The van der Waals surface area contributed by atoms with Crippen LogP contribution in [-0.4, -0.2) is 4.57 Å². The van der Waals surface area contributed by atoms with E-state index >= 15 is 0 Å². The Labute approximate surface area is 318 Å². The van der Waals surface area contributed by atoms with Crippen LogP contribution in [-0.2, 0) is 0 Å². The van der Waals surface area contributed by atoms with E-state index in [4.69, 9.17) is 4.42 Å². The van der Waals surface area contributed by atoms with Gasteiger partial charge < -0.3 is 13.9 Å². The average molecular weight is 703 g/mol. The van der Waals surface area contributed by atoms with Gasteiger partial charge >= 0.3 is 0 Å². The highest BCUT2D eigenvalue weighted by Gasteiger charge is 2.25. The standard InChI is InChI=1S/C52H34N2O/c1-3-14-35(15-4-1)36-26-28-39(29-27-36)53(40-30-31-43-42-21-9-11-24-46(42)54(48(43)34-40)38-18-5-2-6-19-38)47-32-33-50-52(45-22-10-12-25-49(45)55-50)51(47)44-23-13-17-37-16-7-8-20-41(37)44/h1-34H. The van der Waals surface area contributed by atoms with E-state index in [1.807, 2.05) is 6.07 Å². The predicted octanol–water partition coefficient (Wildman–Crippen LogP) is 14.6. The Bertz CT molecular complexity index is 3190. The average Bonchev–Trinajstić information content (AvgIpc) is 3.80. The number of aromatic nitrogens is 1. The zero-order chi connectivity index (χ0) is 36.3. The predicted molar refractivity (Wildman–Crippen MR) is 231 cm³/mol. The largest absolute Gasteiger partial charge is 0.456 e. The van der Waals surface area contributed by atoms with Crippen LogP contribution in [0.2, 0.25) is 0 Å². The lowest BCUT2D eigenvalue weighted by atomic mass is 9.92. The summed E-state index contributed by atoms with van der Waals surface area (Å²) in [6.07, 6.45) is 0. The molecule has 0 aliphatic rings. The van der Waals surface area contributed by atoms with E-state index in [9.17, 15) is 0 Å². The summed E-state index contributed by atoms with van der Waals surface area (Å²) in [5, 5.41) is 7.05. The first-order valence-electron chi connectivity index (χ1n) is 18.8. The maximum Gasteiger partial charge on any atom is 0.136 e. The van der Waals surface area contributed by atoms with Gasteiger partial charge in [0.15, 0.2) is 0 Å². The van der Waals surface area contributed by atoms with Gasteiger partial charge in [-0.3, -0.25) is 0 Å². The molecule has 2 heterocycles. The SMILES string of the molecule is c1ccc(-c2ccc(N(c3ccc4c5ccccc5n(-c5ccccc5)c4c3)c3ccc4oc5ccccc5c4c3-c3cccc4ccccc34)cc2)cc1. The molecule has 2 aromatic heterocycles. The van der Waals surface area contributed by atoms with Gasteiger partial charge in [-0.2, -0.15) is 0 Å². The Hall–Kier alpha value is -7.36. The molecule has 3 nitrogen and oxygen atoms in total. The number of furan rings is 1. The Morgan fingerprint density at radius 1 is 0.400 bits per heavy atom. The number of hydrogen-bond acceptors (Lipinski definition) is 2. The van der Waals surface area contributed by atoms with E-state index in [0.29, 0.717) is 0 Å². The molecule has 0 saturated carbocycles. The molecule has 3 heteroatoms. The van der Waals surface area contributed by atoms with Crippen LogP contribution in [0.1, 0.15) is 0 Å². The molecule has 0 radical (unpaired) electrons. The second kappa shape index (κ2) is 12.6. The molecule has 0 atom stereocenters. The van der Waals surface area contributed by atoms with Crippen molar-refractivity contribution >= 4 is 71.6 Å². The summed E-state index contributed by atoms with van der Waals surface area (Å²) in [7, 11) is 0. The minimum atomic E-state index is 0.868. The fourth-order valence-corrected chi connectivity index (χ4v) is 8.52. The maximum absolute atomic E-state index is 6.57. The number of rotatable bonds is 6. The molecule has 0 bridgehead atoms. The molecule has 55 heavy (non-hydrogen) atoms. The molecular weight excluding hydrogens is 669 g/mol. The summed E-state index contributed by atoms with van der Waals surface area (Å²) in [6, 6.07) is 74.0. The Morgan fingerprint density at radius 3 is 1.87 bits per heavy atom. The minimum Gasteiger partial charge on any atom is -0.456 e. The lowest BCUT2D eigenvalue weighted by Gasteiger charge is -2.29. The highest BCUT2D eigenvalue weighted by molar-refractivity contribution is 6.19. The summed E-state index contributed by atoms with van der Waals surface area (Å²) < 4.78 is 8.96. The first kappa shape index (κ1) is 31.2. The fourth-order valence-electron chi connectivity index (χ4n) is 8.52. The number of nitrogens with zero attached hydrogens (tertiary/aromatic N) is 2. The van der Waals surface area contributed by atoms with Gasteiger partial charge in [-0.1, -0.05) is 146 Å². The van der Waals surface area contributed by atoms with Gasteiger partial charge in [-0.05, 0) is 88.1 Å². The van der Waals surface area contributed by atoms with Gasteiger partial charge in [0.1, 0.15) is 11.2 Å². The molecule has 0 aliphatic heterocycles. The molecule has 0 aliphatic carbocycles. The van der Waals surface area contributed by atoms with Gasteiger partial charge in [0.25, 0.3) is 0 Å². The Morgan fingerprint density at radius 2 is 1.04 bits per heavy atom. The van der Waals surface area contributed by atoms with Crippen LogP contribution in [0.5, 0.6) is 0 Å². The molecule has 0 amide bonds. The van der Waals surface area contributed by atoms with E-state index in [1.54, 1.807) is 0 Å². The monoisotopic (exact) mass is 702 g/mol. The zero-order valence-electron chi connectivity index (χ0n) is 29.9. The molecule has 258 valence electrons. The van der Waals surface area contributed by atoms with Crippen molar-refractivity contribution in [3.05, 3.63) is 206 Å². The third kappa shape index (κ3) is 5.05. The van der Waals surface area contributed by atoms with Crippen LogP contribution >= 0.6 is 0 Å². The number of para-hydroxylation sites is 3. The molecule has 0 spiro atoms. The second-order valence-corrected chi connectivity index (χ2v) is 14.1. The maximum atomic E-state index is 6.57. The highest BCUT2D eigenvalue weighted by Crippen LogP contribution is 2.49. The second-order valence-electron chi connectivity index (χ2n) is 14.1. The quantitative estimate of drug-likeness (QED) is 0.172. The topological polar surface area (TPSA) is 21.3 Å².